The van der Waals surface area contributed by atoms with Gasteiger partial charge in [0, 0.05) is 39.4 Å². The molecule has 2 saturated heterocycles. The summed E-state index contributed by atoms with van der Waals surface area (Å²) in [6.07, 6.45) is 2.12. The van der Waals surface area contributed by atoms with Crippen molar-refractivity contribution in [1.82, 2.24) is 9.80 Å². The van der Waals surface area contributed by atoms with Gasteiger partial charge in [0.1, 0.15) is 0 Å². The molecule has 1 aromatic rings. The molecule has 2 heterocycles. The number of carbonyl (C=O) groups is 2. The number of rotatable bonds is 4. The Hall–Kier alpha value is -1.63. The van der Waals surface area contributed by atoms with E-state index in [1.54, 1.807) is 0 Å². The number of amides is 2. The Labute approximate surface area is 167 Å². The molecule has 2 amide bonds. The average molecular weight is 396 g/mol. The van der Waals surface area contributed by atoms with Crippen molar-refractivity contribution in [2.24, 2.45) is 11.7 Å². The van der Waals surface area contributed by atoms with E-state index in [2.05, 4.69) is 0 Å². The Kier molecular flexibility index (Phi) is 8.07. The quantitative estimate of drug-likeness (QED) is 0.835. The third kappa shape index (κ3) is 5.43. The standard InChI is InChI=1S/C20H29N3O3.ClH/c1-15-4-2-3-5-17(15)14-18(24)22-8-10-23(11-9-22)20(25)19(21)16-6-12-26-13-7-16;/h2-5,16,19H,6-14,21H2,1H3;1H. The molecule has 0 saturated carbocycles. The lowest BCUT2D eigenvalue weighted by molar-refractivity contribution is -0.141. The van der Waals surface area contributed by atoms with E-state index in [9.17, 15) is 9.59 Å². The van der Waals surface area contributed by atoms with Gasteiger partial charge in [-0.15, -0.1) is 12.4 Å². The summed E-state index contributed by atoms with van der Waals surface area (Å²) >= 11 is 0. The summed E-state index contributed by atoms with van der Waals surface area (Å²) < 4.78 is 5.35. The molecule has 0 aliphatic carbocycles. The molecule has 150 valence electrons. The fourth-order valence-electron chi connectivity index (χ4n) is 3.75. The molecule has 2 aliphatic heterocycles. The third-order valence-electron chi connectivity index (χ3n) is 5.61. The zero-order valence-electron chi connectivity index (χ0n) is 15.9. The number of piperazine rings is 1. The SMILES string of the molecule is Cc1ccccc1CC(=O)N1CCN(C(=O)C(N)C2CCOCC2)CC1.Cl. The van der Waals surface area contributed by atoms with Gasteiger partial charge in [-0.25, -0.2) is 0 Å². The maximum Gasteiger partial charge on any atom is 0.239 e. The molecular formula is C20H30ClN3O3. The average Bonchev–Trinajstić information content (AvgIpc) is 2.69. The van der Waals surface area contributed by atoms with Crippen LogP contribution in [0.3, 0.4) is 0 Å². The molecule has 0 spiro atoms. The Balaban J connectivity index is 0.00000261. The predicted molar refractivity (Wildman–Crippen MR) is 107 cm³/mol. The predicted octanol–water partition coefficient (Wildman–Crippen LogP) is 1.38. The molecule has 3 rings (SSSR count). The van der Waals surface area contributed by atoms with E-state index in [1.807, 2.05) is 41.0 Å². The lowest BCUT2D eigenvalue weighted by Gasteiger charge is -2.37. The third-order valence-corrected chi connectivity index (χ3v) is 5.61. The van der Waals surface area contributed by atoms with E-state index in [0.717, 1.165) is 24.0 Å². The van der Waals surface area contributed by atoms with Crippen molar-refractivity contribution in [3.63, 3.8) is 0 Å². The molecule has 1 atom stereocenters. The monoisotopic (exact) mass is 395 g/mol. The fourth-order valence-corrected chi connectivity index (χ4v) is 3.75. The number of aryl methyl sites for hydroxylation is 1. The van der Waals surface area contributed by atoms with Gasteiger partial charge in [0.2, 0.25) is 11.8 Å². The Morgan fingerprint density at radius 1 is 1.11 bits per heavy atom. The highest BCUT2D eigenvalue weighted by molar-refractivity contribution is 5.85. The van der Waals surface area contributed by atoms with Crippen molar-refractivity contribution in [1.29, 1.82) is 0 Å². The Morgan fingerprint density at radius 2 is 1.70 bits per heavy atom. The Bertz CT molecular complexity index is 641. The molecular weight excluding hydrogens is 366 g/mol. The molecule has 27 heavy (non-hydrogen) atoms. The van der Waals surface area contributed by atoms with Crippen LogP contribution in [0.1, 0.15) is 24.0 Å². The molecule has 1 aromatic carbocycles. The normalized spacial score (nSPS) is 19.3. The highest BCUT2D eigenvalue weighted by Crippen LogP contribution is 2.19. The number of hydrogen-bond donors (Lipinski definition) is 1. The highest BCUT2D eigenvalue weighted by atomic mass is 35.5. The van der Waals surface area contributed by atoms with Gasteiger partial charge >= 0.3 is 0 Å². The largest absolute Gasteiger partial charge is 0.381 e. The van der Waals surface area contributed by atoms with Gasteiger partial charge in [-0.2, -0.15) is 0 Å². The molecule has 6 nitrogen and oxygen atoms in total. The van der Waals surface area contributed by atoms with E-state index in [4.69, 9.17) is 10.5 Å². The summed E-state index contributed by atoms with van der Waals surface area (Å²) in [5, 5.41) is 0. The number of nitrogens with two attached hydrogens (primary N) is 1. The van der Waals surface area contributed by atoms with Crippen LogP contribution in [0.2, 0.25) is 0 Å². The summed E-state index contributed by atoms with van der Waals surface area (Å²) in [6, 6.07) is 7.52. The first kappa shape index (κ1) is 21.7. The number of halogens is 1. The van der Waals surface area contributed by atoms with Crippen LogP contribution in [0.4, 0.5) is 0 Å². The van der Waals surface area contributed by atoms with Crippen molar-refractivity contribution >= 4 is 24.2 Å². The molecule has 0 aromatic heterocycles. The zero-order chi connectivity index (χ0) is 18.5. The van der Waals surface area contributed by atoms with Crippen LogP contribution in [0.15, 0.2) is 24.3 Å². The van der Waals surface area contributed by atoms with Crippen molar-refractivity contribution in [2.45, 2.75) is 32.2 Å². The van der Waals surface area contributed by atoms with E-state index in [-0.39, 0.29) is 30.1 Å². The van der Waals surface area contributed by atoms with Crippen LogP contribution >= 0.6 is 12.4 Å². The van der Waals surface area contributed by atoms with Crippen LogP contribution in [0, 0.1) is 12.8 Å². The van der Waals surface area contributed by atoms with Crippen molar-refractivity contribution in [2.75, 3.05) is 39.4 Å². The van der Waals surface area contributed by atoms with E-state index in [1.165, 1.54) is 0 Å². The number of benzene rings is 1. The van der Waals surface area contributed by atoms with Crippen LogP contribution in [-0.4, -0.2) is 67.0 Å². The second kappa shape index (κ2) is 10.1. The number of nitrogens with zero attached hydrogens (tertiary/aromatic N) is 2. The van der Waals surface area contributed by atoms with E-state index in [0.29, 0.717) is 45.8 Å². The molecule has 0 radical (unpaired) electrons. The van der Waals surface area contributed by atoms with E-state index >= 15 is 0 Å². The fraction of sp³-hybridized carbons (Fsp3) is 0.600. The minimum Gasteiger partial charge on any atom is -0.381 e. The molecule has 1 unspecified atom stereocenters. The maximum absolute atomic E-state index is 12.7. The van der Waals surface area contributed by atoms with Crippen molar-refractivity contribution in [3.05, 3.63) is 35.4 Å². The summed E-state index contributed by atoms with van der Waals surface area (Å²) in [5.74, 6) is 0.347. The maximum atomic E-state index is 12.7. The second-order valence-corrected chi connectivity index (χ2v) is 7.28. The molecule has 0 bridgehead atoms. The van der Waals surface area contributed by atoms with Crippen LogP contribution < -0.4 is 5.73 Å². The first-order valence-electron chi connectivity index (χ1n) is 9.50. The number of ether oxygens (including phenoxy) is 1. The smallest absolute Gasteiger partial charge is 0.239 e. The molecule has 2 aliphatic rings. The minimum absolute atomic E-state index is 0. The van der Waals surface area contributed by atoms with Gasteiger partial charge in [0.15, 0.2) is 0 Å². The number of carbonyl (C=O) groups excluding carboxylic acids is 2. The van der Waals surface area contributed by atoms with Gasteiger partial charge < -0.3 is 20.3 Å². The van der Waals surface area contributed by atoms with E-state index < -0.39 is 6.04 Å². The zero-order valence-corrected chi connectivity index (χ0v) is 16.7. The number of hydrogen-bond acceptors (Lipinski definition) is 4. The second-order valence-electron chi connectivity index (χ2n) is 7.28. The first-order chi connectivity index (χ1) is 12.6. The summed E-state index contributed by atoms with van der Waals surface area (Å²) in [6.45, 7) is 5.69. The highest BCUT2D eigenvalue weighted by Gasteiger charge is 2.32. The summed E-state index contributed by atoms with van der Waals surface area (Å²) in [7, 11) is 0. The topological polar surface area (TPSA) is 75.9 Å². The van der Waals surface area contributed by atoms with Gasteiger partial charge in [0.25, 0.3) is 0 Å². The van der Waals surface area contributed by atoms with Crippen molar-refractivity contribution < 1.29 is 14.3 Å². The van der Waals surface area contributed by atoms with Gasteiger partial charge in [-0.1, -0.05) is 24.3 Å². The summed E-state index contributed by atoms with van der Waals surface area (Å²) in [4.78, 5) is 28.9. The van der Waals surface area contributed by atoms with Crippen LogP contribution in [-0.2, 0) is 20.7 Å². The Morgan fingerprint density at radius 3 is 2.33 bits per heavy atom. The summed E-state index contributed by atoms with van der Waals surface area (Å²) in [5.41, 5.74) is 8.41. The van der Waals surface area contributed by atoms with Gasteiger partial charge in [-0.05, 0) is 36.8 Å². The molecule has 7 heteroatoms. The van der Waals surface area contributed by atoms with Gasteiger partial charge in [0.05, 0.1) is 12.5 Å². The van der Waals surface area contributed by atoms with Crippen LogP contribution in [0.25, 0.3) is 0 Å². The van der Waals surface area contributed by atoms with Gasteiger partial charge in [-0.3, -0.25) is 9.59 Å². The molecule has 2 fully saturated rings. The van der Waals surface area contributed by atoms with Crippen LogP contribution in [0.5, 0.6) is 0 Å². The van der Waals surface area contributed by atoms with Crippen molar-refractivity contribution in [3.8, 4) is 0 Å². The molecule has 2 N–H and O–H groups in total. The lowest BCUT2D eigenvalue weighted by atomic mass is 9.91. The lowest BCUT2D eigenvalue weighted by Crippen LogP contribution is -2.56. The minimum atomic E-state index is -0.451. The first-order valence-corrected chi connectivity index (χ1v) is 9.50.